The van der Waals surface area contributed by atoms with Crippen molar-refractivity contribution < 1.29 is 27.1 Å². The van der Waals surface area contributed by atoms with Crippen LogP contribution in [0.2, 0.25) is 0 Å². The van der Waals surface area contributed by atoms with E-state index in [0.717, 1.165) is 24.1 Å². The van der Waals surface area contributed by atoms with Crippen LogP contribution in [0.3, 0.4) is 0 Å². The maximum atomic E-state index is 13.6. The molecule has 0 unspecified atom stereocenters. The van der Waals surface area contributed by atoms with Gasteiger partial charge < -0.3 is 19.7 Å². The third-order valence-corrected chi connectivity index (χ3v) is 7.68. The molecule has 2 heterocycles. The number of rotatable bonds is 7. The molecule has 2 aromatic rings. The lowest BCUT2D eigenvalue weighted by Crippen LogP contribution is -2.40. The second kappa shape index (κ2) is 10.3. The van der Waals surface area contributed by atoms with Gasteiger partial charge in [0.25, 0.3) is 0 Å². The molecule has 10 heteroatoms. The summed E-state index contributed by atoms with van der Waals surface area (Å²) < 4.78 is 52.3. The van der Waals surface area contributed by atoms with E-state index in [1.54, 1.807) is 12.1 Å². The third kappa shape index (κ3) is 5.51. The fourth-order valence-corrected chi connectivity index (χ4v) is 5.67. The summed E-state index contributed by atoms with van der Waals surface area (Å²) >= 11 is 0. The third-order valence-electron chi connectivity index (χ3n) is 5.79. The minimum absolute atomic E-state index is 0.0557. The van der Waals surface area contributed by atoms with Crippen LogP contribution < -0.4 is 15.0 Å². The van der Waals surface area contributed by atoms with Crippen molar-refractivity contribution in [3.05, 3.63) is 47.8 Å². The summed E-state index contributed by atoms with van der Waals surface area (Å²) in [4.78, 5) is 15.0. The van der Waals surface area contributed by atoms with Gasteiger partial charge in [-0.15, -0.1) is 0 Å². The molecule has 2 aliphatic heterocycles. The molecule has 0 spiro atoms. The van der Waals surface area contributed by atoms with Crippen LogP contribution in [0.25, 0.3) is 0 Å². The molecular formula is C24H30FN3O5S. The summed E-state index contributed by atoms with van der Waals surface area (Å²) in [5.74, 6) is -0.212. The Bertz CT molecular complexity index is 1150. The first-order valence-corrected chi connectivity index (χ1v) is 12.9. The van der Waals surface area contributed by atoms with Crippen LogP contribution in [0.1, 0.15) is 25.8 Å². The van der Waals surface area contributed by atoms with Crippen LogP contribution in [0.4, 0.5) is 15.8 Å². The Morgan fingerprint density at radius 1 is 1.15 bits per heavy atom. The lowest BCUT2D eigenvalue weighted by atomic mass is 10.0. The van der Waals surface area contributed by atoms with Gasteiger partial charge in [0.2, 0.25) is 15.9 Å². The van der Waals surface area contributed by atoms with E-state index in [4.69, 9.17) is 9.47 Å². The Labute approximate surface area is 199 Å². The first-order valence-electron chi connectivity index (χ1n) is 11.5. The van der Waals surface area contributed by atoms with Crippen molar-refractivity contribution in [2.75, 3.05) is 49.6 Å². The zero-order valence-corrected chi connectivity index (χ0v) is 20.2. The van der Waals surface area contributed by atoms with Crippen molar-refractivity contribution in [2.45, 2.75) is 37.7 Å². The first-order chi connectivity index (χ1) is 16.2. The Kier molecular flexibility index (Phi) is 7.39. The van der Waals surface area contributed by atoms with Crippen molar-refractivity contribution in [3.8, 4) is 5.75 Å². The number of nitrogens with one attached hydrogen (secondary N) is 1. The molecular weight excluding hydrogens is 461 g/mol. The predicted molar refractivity (Wildman–Crippen MR) is 127 cm³/mol. The molecule has 2 aromatic carbocycles. The van der Waals surface area contributed by atoms with Gasteiger partial charge in [0, 0.05) is 25.3 Å². The molecule has 1 saturated heterocycles. The number of benzene rings is 2. The minimum atomic E-state index is -3.74. The quantitative estimate of drug-likeness (QED) is 0.641. The van der Waals surface area contributed by atoms with Gasteiger partial charge in [-0.1, -0.05) is 0 Å². The first kappa shape index (κ1) is 24.4. The molecule has 8 nitrogen and oxygen atoms in total. The van der Waals surface area contributed by atoms with Gasteiger partial charge in [0.15, 0.2) is 0 Å². The number of aryl methyl sites for hydroxylation is 1. The molecule has 0 saturated carbocycles. The molecule has 1 fully saturated rings. The van der Waals surface area contributed by atoms with Crippen molar-refractivity contribution in [1.29, 1.82) is 0 Å². The van der Waals surface area contributed by atoms with Crippen LogP contribution in [0, 0.1) is 5.82 Å². The lowest BCUT2D eigenvalue weighted by molar-refractivity contribution is -0.115. The van der Waals surface area contributed by atoms with Gasteiger partial charge in [-0.3, -0.25) is 4.79 Å². The normalized spacial score (nSPS) is 16.9. The molecule has 0 aromatic heterocycles. The summed E-state index contributed by atoms with van der Waals surface area (Å²) in [6.07, 6.45) is 1.42. The van der Waals surface area contributed by atoms with E-state index >= 15 is 0 Å². The summed E-state index contributed by atoms with van der Waals surface area (Å²) in [7, 11) is -3.74. The number of anilines is 2. The zero-order chi connectivity index (χ0) is 24.3. The van der Waals surface area contributed by atoms with Gasteiger partial charge in [0.1, 0.15) is 11.6 Å². The average molecular weight is 492 g/mol. The summed E-state index contributed by atoms with van der Waals surface area (Å²) in [6.45, 7) is 5.69. The number of sulfonamides is 1. The number of carbonyl (C=O) groups is 1. The molecule has 0 atom stereocenters. The van der Waals surface area contributed by atoms with E-state index in [0.29, 0.717) is 31.2 Å². The monoisotopic (exact) mass is 491 g/mol. The van der Waals surface area contributed by atoms with Crippen molar-refractivity contribution in [3.63, 3.8) is 0 Å². The van der Waals surface area contributed by atoms with E-state index in [1.807, 2.05) is 18.7 Å². The number of hydrogen-bond acceptors (Lipinski definition) is 6. The highest BCUT2D eigenvalue weighted by atomic mass is 32.2. The average Bonchev–Trinajstić information content (AvgIpc) is 2.80. The fraction of sp³-hybridized carbons (Fsp3) is 0.458. The number of ether oxygens (including phenoxy) is 2. The molecule has 34 heavy (non-hydrogen) atoms. The summed E-state index contributed by atoms with van der Waals surface area (Å²) in [6, 6.07) is 9.10. The Morgan fingerprint density at radius 3 is 2.65 bits per heavy atom. The fourth-order valence-electron chi connectivity index (χ4n) is 4.23. The summed E-state index contributed by atoms with van der Waals surface area (Å²) in [5, 5.41) is 2.83. The molecule has 1 N–H and O–H groups in total. The van der Waals surface area contributed by atoms with Crippen LogP contribution in [-0.4, -0.2) is 64.1 Å². The second-order valence-corrected chi connectivity index (χ2v) is 10.6. The number of fused-ring (bicyclic) bond motifs is 1. The topological polar surface area (TPSA) is 88.2 Å². The van der Waals surface area contributed by atoms with Crippen LogP contribution in [-0.2, 0) is 26.0 Å². The smallest absolute Gasteiger partial charge is 0.243 e. The molecule has 0 radical (unpaired) electrons. The number of carbonyl (C=O) groups excluding carboxylic acids is 1. The van der Waals surface area contributed by atoms with Crippen LogP contribution in [0.15, 0.2) is 41.3 Å². The largest absolute Gasteiger partial charge is 0.489 e. The molecule has 184 valence electrons. The molecule has 0 bridgehead atoms. The van der Waals surface area contributed by atoms with Crippen molar-refractivity contribution in [2.24, 2.45) is 0 Å². The molecule has 0 aliphatic carbocycles. The highest BCUT2D eigenvalue weighted by Crippen LogP contribution is 2.31. The second-order valence-electron chi connectivity index (χ2n) is 8.69. The van der Waals surface area contributed by atoms with Gasteiger partial charge in [0.05, 0.1) is 36.4 Å². The van der Waals surface area contributed by atoms with E-state index in [1.165, 1.54) is 28.6 Å². The van der Waals surface area contributed by atoms with Gasteiger partial charge in [-0.2, -0.15) is 4.31 Å². The van der Waals surface area contributed by atoms with Crippen molar-refractivity contribution in [1.82, 2.24) is 4.31 Å². The van der Waals surface area contributed by atoms with E-state index in [-0.39, 0.29) is 42.4 Å². The Hall–Kier alpha value is -2.69. The lowest BCUT2D eigenvalue weighted by Gasteiger charge is -2.31. The van der Waals surface area contributed by atoms with Crippen molar-refractivity contribution >= 4 is 27.3 Å². The standard InChI is InChI=1S/C24H30FN3O5S/c1-17(2)33-23-8-6-20(34(30,31)28-10-12-32-13-11-28)15-21(23)26-24(29)16-27-9-3-4-18-14-19(25)5-7-22(18)27/h5-8,14-15,17H,3-4,9-13,16H2,1-2H3,(H,26,29). The number of halogens is 1. The Balaban J connectivity index is 1.56. The van der Waals surface area contributed by atoms with Crippen LogP contribution >= 0.6 is 0 Å². The number of amides is 1. The van der Waals surface area contributed by atoms with Gasteiger partial charge in [-0.25, -0.2) is 12.8 Å². The molecule has 1 amide bonds. The summed E-state index contributed by atoms with van der Waals surface area (Å²) in [5.41, 5.74) is 2.01. The van der Waals surface area contributed by atoms with Gasteiger partial charge in [-0.05, 0) is 68.7 Å². The number of nitrogens with zero attached hydrogens (tertiary/aromatic N) is 2. The molecule has 2 aliphatic rings. The molecule has 4 rings (SSSR count). The Morgan fingerprint density at radius 2 is 1.91 bits per heavy atom. The van der Waals surface area contributed by atoms with E-state index < -0.39 is 10.0 Å². The highest BCUT2D eigenvalue weighted by molar-refractivity contribution is 7.89. The zero-order valence-electron chi connectivity index (χ0n) is 19.4. The number of morpholine rings is 1. The number of hydrogen-bond donors (Lipinski definition) is 1. The van der Waals surface area contributed by atoms with E-state index in [9.17, 15) is 17.6 Å². The van der Waals surface area contributed by atoms with Crippen LogP contribution in [0.5, 0.6) is 5.75 Å². The van der Waals surface area contributed by atoms with Gasteiger partial charge >= 0.3 is 0 Å². The highest BCUT2D eigenvalue weighted by Gasteiger charge is 2.28. The SMILES string of the molecule is CC(C)Oc1ccc(S(=O)(=O)N2CCOCC2)cc1NC(=O)CN1CCCc2cc(F)ccc21. The maximum absolute atomic E-state index is 13.6. The predicted octanol–water partition coefficient (Wildman–Crippen LogP) is 3.03. The van der Waals surface area contributed by atoms with E-state index in [2.05, 4.69) is 5.32 Å². The minimum Gasteiger partial charge on any atom is -0.489 e. The maximum Gasteiger partial charge on any atom is 0.243 e.